The van der Waals surface area contributed by atoms with Crippen LogP contribution in [0.4, 0.5) is 0 Å². The average Bonchev–Trinajstić information content (AvgIpc) is 3.19. The first-order chi connectivity index (χ1) is 18.1. The molecule has 0 aliphatic rings. The van der Waals surface area contributed by atoms with Crippen molar-refractivity contribution in [1.82, 2.24) is 14.8 Å². The second-order valence-electron chi connectivity index (χ2n) is 11.2. The lowest BCUT2D eigenvalue weighted by atomic mass is 10.1. The van der Waals surface area contributed by atoms with Gasteiger partial charge in [0.05, 0.1) is 12.2 Å². The van der Waals surface area contributed by atoms with E-state index >= 15 is 0 Å². The summed E-state index contributed by atoms with van der Waals surface area (Å²) in [4.78, 5) is 33.5. The maximum absolute atomic E-state index is 12.6. The number of aromatic nitrogens is 1. The van der Waals surface area contributed by atoms with Gasteiger partial charge >= 0.3 is 5.97 Å². The first kappa shape index (κ1) is 30.4. The van der Waals surface area contributed by atoms with E-state index in [9.17, 15) is 9.59 Å². The second-order valence-corrected chi connectivity index (χ2v) is 12.1. The van der Waals surface area contributed by atoms with Crippen molar-refractivity contribution in [3.8, 4) is 17.2 Å². The number of amides is 1. The number of benzene rings is 2. The highest BCUT2D eigenvalue weighted by Crippen LogP contribution is 2.26. The summed E-state index contributed by atoms with van der Waals surface area (Å²) in [5, 5.41) is 0. The lowest BCUT2D eigenvalue weighted by Crippen LogP contribution is -2.43. The maximum Gasteiger partial charge on any atom is 0.350 e. The quantitative estimate of drug-likeness (QED) is 0.264. The van der Waals surface area contributed by atoms with Crippen LogP contribution in [-0.4, -0.2) is 58.5 Å². The Hall–Kier alpha value is -3.17. The van der Waals surface area contributed by atoms with Crippen molar-refractivity contribution < 1.29 is 23.5 Å². The number of oxazole rings is 1. The van der Waals surface area contributed by atoms with E-state index in [2.05, 4.69) is 15.9 Å². The lowest BCUT2D eigenvalue weighted by Gasteiger charge is -2.29. The van der Waals surface area contributed by atoms with Crippen molar-refractivity contribution in [2.24, 2.45) is 0 Å². The highest BCUT2D eigenvalue weighted by atomic mass is 79.9. The number of nitrogens with zero attached hydrogens (tertiary/aromatic N) is 3. The minimum Gasteiger partial charge on any atom is -0.476 e. The summed E-state index contributed by atoms with van der Waals surface area (Å²) < 4.78 is 18.3. The first-order valence-corrected chi connectivity index (χ1v) is 13.6. The summed E-state index contributed by atoms with van der Waals surface area (Å²) in [7, 11) is 3.48. The molecule has 0 N–H and O–H groups in total. The minimum atomic E-state index is -1.14. The minimum absolute atomic E-state index is 0.0116. The molecule has 8 nitrogen and oxygen atoms in total. The molecule has 0 atom stereocenters. The molecular weight excluding hydrogens is 562 g/mol. The molecule has 0 unspecified atom stereocenters. The normalized spacial score (nSPS) is 11.9. The molecule has 0 fully saturated rings. The van der Waals surface area contributed by atoms with Crippen molar-refractivity contribution in [2.45, 2.75) is 65.8 Å². The molecule has 0 aliphatic heterocycles. The van der Waals surface area contributed by atoms with E-state index in [0.717, 1.165) is 21.3 Å². The highest BCUT2D eigenvalue weighted by Gasteiger charge is 2.34. The number of ether oxygens (including phenoxy) is 2. The largest absolute Gasteiger partial charge is 0.476 e. The number of rotatable bonds is 10. The summed E-state index contributed by atoms with van der Waals surface area (Å²) >= 11 is 3.49. The van der Waals surface area contributed by atoms with E-state index in [1.165, 1.54) is 0 Å². The van der Waals surface area contributed by atoms with Crippen LogP contribution in [0.3, 0.4) is 0 Å². The summed E-state index contributed by atoms with van der Waals surface area (Å²) in [5.74, 6) is 1.36. The molecule has 210 valence electrons. The summed E-state index contributed by atoms with van der Waals surface area (Å²) in [5.41, 5.74) is 0.887. The number of aryl methyl sites for hydroxylation is 1. The van der Waals surface area contributed by atoms with Gasteiger partial charge in [0.25, 0.3) is 0 Å². The summed E-state index contributed by atoms with van der Waals surface area (Å²) in [6.45, 7) is 11.9. The number of hydrogen-bond donors (Lipinski definition) is 0. The number of halogens is 1. The van der Waals surface area contributed by atoms with Gasteiger partial charge in [0.2, 0.25) is 11.8 Å². The molecule has 1 amide bonds. The molecule has 0 saturated carbocycles. The van der Waals surface area contributed by atoms with Gasteiger partial charge in [0.15, 0.2) is 5.60 Å². The van der Waals surface area contributed by atoms with E-state index in [1.54, 1.807) is 32.8 Å². The lowest BCUT2D eigenvalue weighted by molar-refractivity contribution is -0.170. The Bertz CT molecular complexity index is 1290. The molecule has 0 radical (unpaired) electrons. The summed E-state index contributed by atoms with van der Waals surface area (Å²) in [6, 6.07) is 15.3. The predicted octanol–water partition coefficient (Wildman–Crippen LogP) is 6.00. The molecule has 0 saturated heterocycles. The van der Waals surface area contributed by atoms with Crippen molar-refractivity contribution in [1.29, 1.82) is 0 Å². The Morgan fingerprint density at radius 1 is 1.00 bits per heavy atom. The number of carbonyl (C=O) groups excluding carboxylic acids is 2. The Morgan fingerprint density at radius 2 is 1.67 bits per heavy atom. The number of hydrogen-bond acceptors (Lipinski definition) is 7. The van der Waals surface area contributed by atoms with Crippen LogP contribution in [0.15, 0.2) is 57.4 Å². The topological polar surface area (TPSA) is 85.1 Å². The molecule has 3 rings (SSSR count). The molecule has 39 heavy (non-hydrogen) atoms. The van der Waals surface area contributed by atoms with Gasteiger partial charge < -0.3 is 18.8 Å². The monoisotopic (exact) mass is 599 g/mol. The van der Waals surface area contributed by atoms with Crippen molar-refractivity contribution in [3.05, 3.63) is 70.0 Å². The molecule has 3 aromatic rings. The molecule has 0 aliphatic carbocycles. The number of carbonyl (C=O) groups is 2. The maximum atomic E-state index is 12.6. The number of likely N-dealkylation sites (N-methyl/N-ethyl adjacent to an activating group) is 1. The van der Waals surface area contributed by atoms with Gasteiger partial charge in [-0.1, -0.05) is 34.1 Å². The van der Waals surface area contributed by atoms with Crippen LogP contribution in [0.5, 0.6) is 5.75 Å². The molecule has 2 aromatic carbocycles. The molecule has 9 heteroatoms. The molecule has 0 spiro atoms. The SMILES string of the molecule is Cc1oc(-c2cccc(Br)c2)nc1CN(CC(=O)N(C)C)Cc1ccc(OC(C)(C)C(=O)OC(C)(C)C)cc1. The van der Waals surface area contributed by atoms with Crippen molar-refractivity contribution in [3.63, 3.8) is 0 Å². The van der Waals surface area contributed by atoms with E-state index in [4.69, 9.17) is 18.9 Å². The fourth-order valence-electron chi connectivity index (χ4n) is 3.69. The van der Waals surface area contributed by atoms with Crippen LogP contribution >= 0.6 is 15.9 Å². The fourth-order valence-corrected chi connectivity index (χ4v) is 4.09. The standard InChI is InChI=1S/C30H38BrN3O5/c1-20-25(32-27(37-20)22-10-9-11-23(31)16-22)18-34(19-26(35)33(7)8)17-21-12-14-24(15-13-21)38-30(5,6)28(36)39-29(2,3)4/h9-16H,17-19H2,1-8H3. The van der Waals surface area contributed by atoms with Gasteiger partial charge in [0, 0.05) is 37.2 Å². The third-order valence-corrected chi connectivity index (χ3v) is 6.28. The van der Waals surface area contributed by atoms with Gasteiger partial charge in [-0.2, -0.15) is 0 Å². The Labute approximate surface area is 239 Å². The van der Waals surface area contributed by atoms with Crippen LogP contribution < -0.4 is 4.74 Å². The highest BCUT2D eigenvalue weighted by molar-refractivity contribution is 9.10. The van der Waals surface area contributed by atoms with E-state index < -0.39 is 17.2 Å². The van der Waals surface area contributed by atoms with Crippen LogP contribution in [0.2, 0.25) is 0 Å². The zero-order valence-electron chi connectivity index (χ0n) is 24.0. The van der Waals surface area contributed by atoms with Gasteiger partial charge in [-0.25, -0.2) is 9.78 Å². The Morgan fingerprint density at radius 3 is 2.26 bits per heavy atom. The number of esters is 1. The molecule has 1 aromatic heterocycles. The van der Waals surface area contributed by atoms with Crippen LogP contribution in [-0.2, 0) is 27.4 Å². The van der Waals surface area contributed by atoms with Crippen molar-refractivity contribution in [2.75, 3.05) is 20.6 Å². The third kappa shape index (κ3) is 8.93. The smallest absolute Gasteiger partial charge is 0.350 e. The van der Waals surface area contributed by atoms with Crippen molar-refractivity contribution >= 4 is 27.8 Å². The zero-order valence-corrected chi connectivity index (χ0v) is 25.6. The predicted molar refractivity (Wildman–Crippen MR) is 154 cm³/mol. The van der Waals surface area contributed by atoms with E-state index in [1.807, 2.05) is 81.1 Å². The molecular formula is C30H38BrN3O5. The van der Waals surface area contributed by atoms with Gasteiger partial charge in [-0.3, -0.25) is 9.69 Å². The van der Waals surface area contributed by atoms with Crippen LogP contribution in [0, 0.1) is 6.92 Å². The van der Waals surface area contributed by atoms with Gasteiger partial charge in [0.1, 0.15) is 17.1 Å². The molecule has 1 heterocycles. The Balaban J connectivity index is 1.75. The summed E-state index contributed by atoms with van der Waals surface area (Å²) in [6.07, 6.45) is 0. The Kier molecular flexibility index (Phi) is 9.61. The van der Waals surface area contributed by atoms with E-state index in [0.29, 0.717) is 30.5 Å². The van der Waals surface area contributed by atoms with Crippen LogP contribution in [0.1, 0.15) is 51.6 Å². The van der Waals surface area contributed by atoms with E-state index in [-0.39, 0.29) is 12.5 Å². The zero-order chi connectivity index (χ0) is 29.0. The second kappa shape index (κ2) is 12.3. The van der Waals surface area contributed by atoms with Gasteiger partial charge in [-0.15, -0.1) is 0 Å². The first-order valence-electron chi connectivity index (χ1n) is 12.8. The van der Waals surface area contributed by atoms with Gasteiger partial charge in [-0.05, 0) is 77.4 Å². The van der Waals surface area contributed by atoms with Crippen LogP contribution in [0.25, 0.3) is 11.5 Å². The third-order valence-electron chi connectivity index (χ3n) is 5.79. The molecule has 0 bridgehead atoms. The average molecular weight is 601 g/mol. The fraction of sp³-hybridized carbons (Fsp3) is 0.433.